The van der Waals surface area contributed by atoms with E-state index in [1.54, 1.807) is 0 Å². The zero-order chi connectivity index (χ0) is 29.3. The van der Waals surface area contributed by atoms with Crippen LogP contribution in [0.3, 0.4) is 0 Å². The third-order valence-electron chi connectivity index (χ3n) is 8.11. The van der Waals surface area contributed by atoms with Crippen LogP contribution in [0, 0.1) is 0 Å². The Hall–Kier alpha value is -4.38. The first-order chi connectivity index (χ1) is 21.2. The van der Waals surface area contributed by atoms with Gasteiger partial charge in [0, 0.05) is 16.6 Å². The quantitative estimate of drug-likeness (QED) is 0.136. The molecule has 3 aromatic heterocycles. The lowest BCUT2D eigenvalue weighted by Crippen LogP contribution is -1.98. The van der Waals surface area contributed by atoms with E-state index in [0.29, 0.717) is 6.61 Å². The molecule has 0 saturated heterocycles. The van der Waals surface area contributed by atoms with Gasteiger partial charge in [-0.2, -0.15) is 0 Å². The normalized spacial score (nSPS) is 12.2. The lowest BCUT2D eigenvalue weighted by atomic mass is 10.1. The number of ether oxygens (including phenoxy) is 1. The fourth-order valence-electron chi connectivity index (χ4n) is 5.86. The number of benzene rings is 1. The molecule has 0 saturated carbocycles. The first-order valence-corrected chi connectivity index (χ1v) is 16.0. The van der Waals surface area contributed by atoms with Gasteiger partial charge in [0.1, 0.15) is 0 Å². The van der Waals surface area contributed by atoms with Crippen molar-refractivity contribution in [3.05, 3.63) is 89.5 Å². The number of hydrogen-bond acceptors (Lipinski definition) is 3. The minimum Gasteiger partial charge on any atom is -0.491 e. The number of aromatic amines is 2. The first-order valence-electron chi connectivity index (χ1n) is 16.0. The second-order valence-electron chi connectivity index (χ2n) is 11.6. The monoisotopic (exact) mass is 570 g/mol. The number of unbranched alkanes of at least 4 members (excludes halogenated alkanes) is 9. The maximum atomic E-state index is 6.65. The van der Waals surface area contributed by atoms with Crippen LogP contribution in [0.4, 0.5) is 0 Å². The van der Waals surface area contributed by atoms with E-state index < -0.39 is 0 Å². The highest BCUT2D eigenvalue weighted by Crippen LogP contribution is 2.39. The molecule has 43 heavy (non-hydrogen) atoms. The molecular formula is C38H42N4O. The maximum absolute atomic E-state index is 6.65. The summed E-state index contributed by atoms with van der Waals surface area (Å²) in [5.74, 6) is 0.887. The van der Waals surface area contributed by atoms with Gasteiger partial charge in [-0.15, -0.1) is 0 Å². The minimum absolute atomic E-state index is 0.691. The SMILES string of the molecule is CCCCCCCCCCCCOc1c(-c2ccccc2)c2cc3nc(cc4nc(cc5ccc(cc1[nH]2)[nH]5)C=C4)C=C3. The summed E-state index contributed by atoms with van der Waals surface area (Å²) < 4.78 is 6.65. The summed E-state index contributed by atoms with van der Waals surface area (Å²) in [4.78, 5) is 16.8. The van der Waals surface area contributed by atoms with Crippen molar-refractivity contribution in [3.8, 4) is 16.9 Å². The molecule has 1 aromatic carbocycles. The van der Waals surface area contributed by atoms with Crippen LogP contribution in [0.1, 0.15) is 93.9 Å². The lowest BCUT2D eigenvalue weighted by Gasteiger charge is -2.09. The smallest absolute Gasteiger partial charge is 0.152 e. The average Bonchev–Trinajstić information content (AvgIpc) is 3.82. The lowest BCUT2D eigenvalue weighted by molar-refractivity contribution is 0.309. The standard InChI is InChI=1S/C38H42N4O/c1-2-3-4-5-6-7-8-9-10-14-23-43-38-36-27-34-22-20-32(41-34)25-30-18-17-29(39-30)24-31-19-21-33(40-31)26-35(42-36)37(38)28-15-12-11-13-16-28/h11-13,15-22,24-27,41-42H,2-10,14,23H2,1H3. The van der Waals surface area contributed by atoms with Crippen LogP contribution in [0.2, 0.25) is 0 Å². The predicted molar refractivity (Wildman–Crippen MR) is 182 cm³/mol. The van der Waals surface area contributed by atoms with Crippen LogP contribution < -0.4 is 4.74 Å². The summed E-state index contributed by atoms with van der Waals surface area (Å²) >= 11 is 0. The van der Waals surface area contributed by atoms with Crippen molar-refractivity contribution >= 4 is 46.4 Å². The van der Waals surface area contributed by atoms with Gasteiger partial charge >= 0.3 is 0 Å². The molecule has 0 radical (unpaired) electrons. The van der Waals surface area contributed by atoms with Crippen LogP contribution in [0.25, 0.3) is 57.5 Å². The fraction of sp³-hybridized carbons (Fsp3) is 0.316. The third kappa shape index (κ3) is 7.53. The predicted octanol–water partition coefficient (Wildman–Crippen LogP) is 10.6. The second kappa shape index (κ2) is 14.2. The Balaban J connectivity index is 1.33. The summed E-state index contributed by atoms with van der Waals surface area (Å²) in [5, 5.41) is 0. The number of H-pyrrole nitrogens is 2. The van der Waals surface area contributed by atoms with Crippen molar-refractivity contribution in [1.82, 2.24) is 19.9 Å². The van der Waals surface area contributed by atoms with Crippen molar-refractivity contribution in [2.24, 2.45) is 0 Å². The van der Waals surface area contributed by atoms with Crippen molar-refractivity contribution in [2.45, 2.75) is 71.1 Å². The van der Waals surface area contributed by atoms with E-state index in [0.717, 1.165) is 68.1 Å². The topological polar surface area (TPSA) is 66.6 Å². The Labute approximate surface area is 254 Å². The van der Waals surface area contributed by atoms with Crippen LogP contribution in [0.5, 0.6) is 5.75 Å². The van der Waals surface area contributed by atoms with Crippen molar-refractivity contribution < 1.29 is 4.74 Å². The number of aromatic nitrogens is 4. The van der Waals surface area contributed by atoms with E-state index in [1.165, 1.54) is 57.8 Å². The van der Waals surface area contributed by atoms with Crippen LogP contribution in [0.15, 0.2) is 66.7 Å². The zero-order valence-electron chi connectivity index (χ0n) is 25.2. The molecule has 6 rings (SSSR count). The molecule has 0 unspecified atom stereocenters. The summed E-state index contributed by atoms with van der Waals surface area (Å²) in [6.45, 7) is 2.97. The molecule has 0 fully saturated rings. The third-order valence-corrected chi connectivity index (χ3v) is 8.11. The fourth-order valence-corrected chi connectivity index (χ4v) is 5.86. The Morgan fingerprint density at radius 2 is 1.14 bits per heavy atom. The number of rotatable bonds is 13. The zero-order valence-corrected chi connectivity index (χ0v) is 25.2. The second-order valence-corrected chi connectivity index (χ2v) is 11.6. The molecule has 4 aromatic rings. The molecule has 220 valence electrons. The highest BCUT2D eigenvalue weighted by atomic mass is 16.5. The van der Waals surface area contributed by atoms with E-state index >= 15 is 0 Å². The van der Waals surface area contributed by atoms with E-state index in [9.17, 15) is 0 Å². The molecule has 2 aliphatic heterocycles. The van der Waals surface area contributed by atoms with E-state index in [4.69, 9.17) is 14.7 Å². The van der Waals surface area contributed by atoms with Crippen molar-refractivity contribution in [3.63, 3.8) is 0 Å². The number of fused-ring (bicyclic) bond motifs is 8. The molecule has 8 bridgehead atoms. The molecule has 5 heterocycles. The number of nitrogens with zero attached hydrogens (tertiary/aromatic N) is 2. The molecule has 2 aliphatic rings. The van der Waals surface area contributed by atoms with E-state index in [2.05, 4.69) is 83.6 Å². The maximum Gasteiger partial charge on any atom is 0.152 e. The Kier molecular flexibility index (Phi) is 9.48. The molecule has 5 heteroatoms. The number of hydrogen-bond donors (Lipinski definition) is 2. The molecule has 0 atom stereocenters. The van der Waals surface area contributed by atoms with Gasteiger partial charge in [-0.05, 0) is 72.7 Å². The van der Waals surface area contributed by atoms with Gasteiger partial charge in [-0.25, -0.2) is 9.97 Å². The van der Waals surface area contributed by atoms with E-state index in [-0.39, 0.29) is 0 Å². The van der Waals surface area contributed by atoms with Gasteiger partial charge in [0.2, 0.25) is 0 Å². The average molecular weight is 571 g/mol. The van der Waals surface area contributed by atoms with Crippen LogP contribution in [-0.2, 0) is 0 Å². The highest BCUT2D eigenvalue weighted by molar-refractivity contribution is 5.95. The summed E-state index contributed by atoms with van der Waals surface area (Å²) in [7, 11) is 0. The molecular weight excluding hydrogens is 528 g/mol. The van der Waals surface area contributed by atoms with Gasteiger partial charge in [0.15, 0.2) is 5.75 Å². The van der Waals surface area contributed by atoms with Gasteiger partial charge in [-0.3, -0.25) is 0 Å². The van der Waals surface area contributed by atoms with Crippen LogP contribution in [-0.4, -0.2) is 26.5 Å². The summed E-state index contributed by atoms with van der Waals surface area (Å²) in [5.41, 5.74) is 9.73. The van der Waals surface area contributed by atoms with Gasteiger partial charge in [-0.1, -0.05) is 95.0 Å². The minimum atomic E-state index is 0.691. The molecule has 0 amide bonds. The van der Waals surface area contributed by atoms with Crippen molar-refractivity contribution in [2.75, 3.05) is 6.61 Å². The molecule has 0 aliphatic carbocycles. The van der Waals surface area contributed by atoms with E-state index in [1.807, 2.05) is 24.3 Å². The highest BCUT2D eigenvalue weighted by Gasteiger charge is 2.16. The first kappa shape index (κ1) is 28.7. The molecule has 5 nitrogen and oxygen atoms in total. The van der Waals surface area contributed by atoms with Gasteiger partial charge in [0.25, 0.3) is 0 Å². The van der Waals surface area contributed by atoms with Gasteiger partial charge < -0.3 is 14.7 Å². The Morgan fingerprint density at radius 3 is 1.81 bits per heavy atom. The summed E-state index contributed by atoms with van der Waals surface area (Å²) in [6.07, 6.45) is 21.2. The van der Waals surface area contributed by atoms with Crippen molar-refractivity contribution in [1.29, 1.82) is 0 Å². The van der Waals surface area contributed by atoms with Crippen LogP contribution >= 0.6 is 0 Å². The molecule has 0 spiro atoms. The number of nitrogens with one attached hydrogen (secondary N) is 2. The Bertz CT molecular complexity index is 1740. The Morgan fingerprint density at radius 1 is 0.558 bits per heavy atom. The summed E-state index contributed by atoms with van der Waals surface area (Å²) in [6, 6.07) is 23.1. The molecule has 2 N–H and O–H groups in total. The largest absolute Gasteiger partial charge is 0.491 e. The van der Waals surface area contributed by atoms with Gasteiger partial charge in [0.05, 0.1) is 40.4 Å².